The summed E-state index contributed by atoms with van der Waals surface area (Å²) in [5, 5.41) is 20.2. The van der Waals surface area contributed by atoms with Crippen molar-refractivity contribution in [3.05, 3.63) is 52.6 Å². The summed E-state index contributed by atoms with van der Waals surface area (Å²) in [6.07, 6.45) is -0.578. The number of fused-ring (bicyclic) bond motifs is 1. The van der Waals surface area contributed by atoms with Crippen LogP contribution < -0.4 is 21.5 Å². The molecule has 0 amide bonds. The first-order chi connectivity index (χ1) is 16.4. The summed E-state index contributed by atoms with van der Waals surface area (Å²) in [6, 6.07) is 6.66. The van der Waals surface area contributed by atoms with Crippen LogP contribution in [0.4, 0.5) is 30.6 Å². The fourth-order valence-electron chi connectivity index (χ4n) is 4.84. The number of pyridine rings is 1. The molecule has 0 unspecified atom stereocenters. The van der Waals surface area contributed by atoms with Crippen LogP contribution in [0.2, 0.25) is 0 Å². The maximum atomic E-state index is 13.6. The van der Waals surface area contributed by atoms with Crippen molar-refractivity contribution >= 4 is 28.2 Å². The molecule has 11 heteroatoms. The van der Waals surface area contributed by atoms with Gasteiger partial charge in [-0.1, -0.05) is 0 Å². The molecule has 1 saturated heterocycles. The maximum absolute atomic E-state index is 13.6. The van der Waals surface area contributed by atoms with E-state index < -0.39 is 17.3 Å². The summed E-state index contributed by atoms with van der Waals surface area (Å²) in [4.78, 5) is 20.8. The molecule has 2 fully saturated rings. The van der Waals surface area contributed by atoms with Crippen LogP contribution >= 0.6 is 0 Å². The van der Waals surface area contributed by atoms with Gasteiger partial charge < -0.3 is 25.6 Å². The minimum atomic E-state index is -4.58. The lowest BCUT2D eigenvalue weighted by Gasteiger charge is -2.54. The predicted octanol–water partition coefficient (Wildman–Crippen LogP) is 3.49. The molecule has 2 aliphatic rings. The summed E-state index contributed by atoms with van der Waals surface area (Å²) in [7, 11) is 0. The second-order valence-electron chi connectivity index (χ2n) is 10.3. The first-order valence-corrected chi connectivity index (χ1v) is 11.5. The van der Waals surface area contributed by atoms with Crippen LogP contribution in [-0.2, 0) is 12.7 Å². The third-order valence-electron chi connectivity index (χ3n) is 6.58. The molecule has 3 aromatic rings. The van der Waals surface area contributed by atoms with Crippen LogP contribution in [0.15, 0.2) is 41.5 Å². The van der Waals surface area contributed by atoms with E-state index in [1.54, 1.807) is 44.3 Å². The highest BCUT2D eigenvalue weighted by molar-refractivity contribution is 5.85. The van der Waals surface area contributed by atoms with Gasteiger partial charge in [0.2, 0.25) is 5.95 Å². The maximum Gasteiger partial charge on any atom is 0.421 e. The highest BCUT2D eigenvalue weighted by Gasteiger charge is 2.49. The van der Waals surface area contributed by atoms with Crippen LogP contribution in [0.5, 0.6) is 0 Å². The molecule has 0 atom stereocenters. The monoisotopic (exact) mass is 488 g/mol. The zero-order valence-electron chi connectivity index (χ0n) is 19.4. The number of hydrogen-bond acceptors (Lipinski definition) is 7. The first-order valence-electron chi connectivity index (χ1n) is 11.5. The third kappa shape index (κ3) is 4.83. The van der Waals surface area contributed by atoms with E-state index in [9.17, 15) is 23.1 Å². The summed E-state index contributed by atoms with van der Waals surface area (Å²) in [5.74, 6) is -0.216. The molecular formula is C24H27F3N6O2. The smallest absolute Gasteiger partial charge is 0.389 e. The van der Waals surface area contributed by atoms with E-state index in [1.165, 1.54) is 4.57 Å². The fourth-order valence-corrected chi connectivity index (χ4v) is 4.84. The highest BCUT2D eigenvalue weighted by atomic mass is 19.4. The zero-order chi connectivity index (χ0) is 25.0. The van der Waals surface area contributed by atoms with Gasteiger partial charge in [-0.25, -0.2) is 4.98 Å². The molecule has 1 saturated carbocycles. The van der Waals surface area contributed by atoms with E-state index in [0.717, 1.165) is 32.1 Å². The molecule has 0 bridgehead atoms. The van der Waals surface area contributed by atoms with Crippen molar-refractivity contribution in [2.24, 2.45) is 5.41 Å². The van der Waals surface area contributed by atoms with Crippen molar-refractivity contribution in [1.82, 2.24) is 19.9 Å². The normalized spacial score (nSPS) is 17.8. The van der Waals surface area contributed by atoms with Crippen LogP contribution in [0.25, 0.3) is 10.8 Å². The predicted molar refractivity (Wildman–Crippen MR) is 127 cm³/mol. The number of rotatable bonds is 6. The van der Waals surface area contributed by atoms with Crippen molar-refractivity contribution in [1.29, 1.82) is 0 Å². The fraction of sp³-hybridized carbons (Fsp3) is 0.458. The van der Waals surface area contributed by atoms with Gasteiger partial charge in [-0.2, -0.15) is 18.2 Å². The number of halogens is 3. The van der Waals surface area contributed by atoms with Gasteiger partial charge >= 0.3 is 6.18 Å². The minimum absolute atomic E-state index is 0.0227. The van der Waals surface area contributed by atoms with Crippen molar-refractivity contribution in [3.63, 3.8) is 0 Å². The van der Waals surface area contributed by atoms with Crippen LogP contribution in [0, 0.1) is 5.41 Å². The molecule has 1 aromatic carbocycles. The molecule has 5 rings (SSSR count). The Balaban J connectivity index is 1.38. The quantitative estimate of drug-likeness (QED) is 0.421. The Morgan fingerprint density at radius 1 is 1.23 bits per heavy atom. The van der Waals surface area contributed by atoms with Crippen LogP contribution in [-0.4, -0.2) is 44.4 Å². The van der Waals surface area contributed by atoms with Crippen molar-refractivity contribution < 1.29 is 18.3 Å². The molecule has 1 spiro atoms. The van der Waals surface area contributed by atoms with E-state index in [2.05, 4.69) is 25.9 Å². The number of hydrogen-bond donors (Lipinski definition) is 4. The number of alkyl halides is 3. The molecule has 4 N–H and O–H groups in total. The highest BCUT2D eigenvalue weighted by Crippen LogP contribution is 2.46. The third-order valence-corrected chi connectivity index (χ3v) is 6.58. The average Bonchev–Trinajstić information content (AvgIpc) is 2.69. The minimum Gasteiger partial charge on any atom is -0.389 e. The van der Waals surface area contributed by atoms with Gasteiger partial charge in [-0.05, 0) is 61.8 Å². The lowest BCUT2D eigenvalue weighted by molar-refractivity contribution is -0.137. The summed E-state index contributed by atoms with van der Waals surface area (Å²) < 4.78 is 42.1. The first kappa shape index (κ1) is 23.6. The number of nitrogens with one attached hydrogen (secondary N) is 3. The molecular weight excluding hydrogens is 461 g/mol. The van der Waals surface area contributed by atoms with Crippen LogP contribution in [0.3, 0.4) is 0 Å². The van der Waals surface area contributed by atoms with E-state index in [1.807, 2.05) is 0 Å². The van der Waals surface area contributed by atoms with Gasteiger partial charge in [0.25, 0.3) is 5.56 Å². The van der Waals surface area contributed by atoms with Gasteiger partial charge in [0.1, 0.15) is 11.4 Å². The average molecular weight is 489 g/mol. The lowest BCUT2D eigenvalue weighted by Crippen LogP contribution is -2.63. The Bertz CT molecular complexity index is 1320. The lowest BCUT2D eigenvalue weighted by atomic mass is 9.61. The molecule has 8 nitrogen and oxygen atoms in total. The van der Waals surface area contributed by atoms with Gasteiger partial charge in [0.15, 0.2) is 0 Å². The van der Waals surface area contributed by atoms with E-state index in [4.69, 9.17) is 0 Å². The molecule has 1 aliphatic heterocycles. The Morgan fingerprint density at radius 2 is 1.97 bits per heavy atom. The van der Waals surface area contributed by atoms with Crippen molar-refractivity contribution in [3.8, 4) is 0 Å². The summed E-state index contributed by atoms with van der Waals surface area (Å²) >= 11 is 0. The molecule has 2 aromatic heterocycles. The Kier molecular flexibility index (Phi) is 5.52. The number of benzene rings is 1. The second-order valence-corrected chi connectivity index (χ2v) is 10.3. The Labute approximate surface area is 199 Å². The van der Waals surface area contributed by atoms with Gasteiger partial charge in [0.05, 0.1) is 12.1 Å². The SMILES string of the molecule is CC(C)(O)Cn1ccc2cc(Nc3ncc(C(F)(F)F)c(NC4CC5(CNC5)C4)n3)ccc2c1=O. The summed E-state index contributed by atoms with van der Waals surface area (Å²) in [6.45, 7) is 5.20. The van der Waals surface area contributed by atoms with Gasteiger partial charge in [-0.15, -0.1) is 0 Å². The van der Waals surface area contributed by atoms with Crippen molar-refractivity contribution in [2.75, 3.05) is 23.7 Å². The largest absolute Gasteiger partial charge is 0.421 e. The van der Waals surface area contributed by atoms with E-state index in [-0.39, 0.29) is 35.3 Å². The van der Waals surface area contributed by atoms with Crippen molar-refractivity contribution in [2.45, 2.75) is 51.1 Å². The summed E-state index contributed by atoms with van der Waals surface area (Å²) in [5.41, 5.74) is -1.44. The molecule has 186 valence electrons. The topological polar surface area (TPSA) is 104 Å². The Hall–Kier alpha value is -3.18. The van der Waals surface area contributed by atoms with E-state index >= 15 is 0 Å². The molecule has 1 aliphatic carbocycles. The number of aliphatic hydroxyl groups is 1. The molecule has 35 heavy (non-hydrogen) atoms. The second kappa shape index (κ2) is 8.20. The number of anilines is 3. The number of aromatic nitrogens is 3. The molecule has 3 heterocycles. The van der Waals surface area contributed by atoms with Gasteiger partial charge in [-0.3, -0.25) is 4.79 Å². The number of nitrogens with zero attached hydrogens (tertiary/aromatic N) is 3. The van der Waals surface area contributed by atoms with E-state index in [0.29, 0.717) is 16.5 Å². The van der Waals surface area contributed by atoms with Gasteiger partial charge in [0, 0.05) is 42.6 Å². The zero-order valence-corrected chi connectivity index (χ0v) is 19.4. The standard InChI is InChI=1S/C24H27F3N6O2/c1-22(2,35)13-33-6-5-14-7-15(3-4-17(14)20(33)34)31-21-29-10-18(24(25,26)27)19(32-21)30-16-8-23(9-16)11-28-12-23/h3-7,10,16,28,35H,8-9,11-13H2,1-2H3,(H2,29,30,31,32). The van der Waals surface area contributed by atoms with Crippen LogP contribution in [0.1, 0.15) is 32.3 Å². The molecule has 0 radical (unpaired) electrons. The Morgan fingerprint density at radius 3 is 2.60 bits per heavy atom.